The molecule has 1 amide bonds. The molecular weight excluding hydrogens is 377 g/mol. The highest BCUT2D eigenvalue weighted by molar-refractivity contribution is 5.86. The first kappa shape index (κ1) is 20.0. The highest BCUT2D eigenvalue weighted by atomic mass is 19.1. The van der Waals surface area contributed by atoms with E-state index < -0.39 is 23.2 Å². The predicted octanol–water partition coefficient (Wildman–Crippen LogP) is 4.40. The summed E-state index contributed by atoms with van der Waals surface area (Å²) in [7, 11) is 0. The summed E-state index contributed by atoms with van der Waals surface area (Å²) in [4.78, 5) is 14.6. The fourth-order valence-corrected chi connectivity index (χ4v) is 4.36. The van der Waals surface area contributed by atoms with Crippen molar-refractivity contribution in [2.75, 3.05) is 6.54 Å². The molecule has 4 atom stereocenters. The van der Waals surface area contributed by atoms with E-state index in [4.69, 9.17) is 5.73 Å². The molecule has 1 unspecified atom stereocenters. The number of rotatable bonds is 5. The fourth-order valence-electron chi connectivity index (χ4n) is 4.36. The van der Waals surface area contributed by atoms with Crippen molar-refractivity contribution in [1.29, 1.82) is 0 Å². The van der Waals surface area contributed by atoms with Gasteiger partial charge in [-0.3, -0.25) is 4.79 Å². The molecule has 29 heavy (non-hydrogen) atoms. The van der Waals surface area contributed by atoms with E-state index in [9.17, 15) is 13.6 Å². The Morgan fingerprint density at radius 1 is 1.14 bits per heavy atom. The molecule has 2 aliphatic rings. The van der Waals surface area contributed by atoms with Gasteiger partial charge in [0.05, 0.1) is 11.5 Å². The van der Waals surface area contributed by atoms with Gasteiger partial charge < -0.3 is 10.6 Å². The SMILES string of the molecule is CC(C)C(N)[C@@H]1CCN1C(=O)[C@@H]1C[C@@]1(F)c1ccccc1-c1c(F)cccc1F. The zero-order valence-corrected chi connectivity index (χ0v) is 16.5. The summed E-state index contributed by atoms with van der Waals surface area (Å²) in [5.74, 6) is -2.40. The van der Waals surface area contributed by atoms with Gasteiger partial charge in [0.15, 0.2) is 0 Å². The van der Waals surface area contributed by atoms with Crippen molar-refractivity contribution in [1.82, 2.24) is 4.90 Å². The van der Waals surface area contributed by atoms with E-state index in [0.717, 1.165) is 18.6 Å². The Balaban J connectivity index is 1.62. The third-order valence-electron chi connectivity index (χ3n) is 6.36. The normalized spacial score (nSPS) is 26.9. The lowest BCUT2D eigenvalue weighted by Crippen LogP contribution is -2.61. The number of hydrogen-bond donors (Lipinski definition) is 1. The molecular formula is C23H25F3N2O. The van der Waals surface area contributed by atoms with Crippen molar-refractivity contribution >= 4 is 5.91 Å². The number of nitrogens with two attached hydrogens (primary N) is 1. The predicted molar refractivity (Wildman–Crippen MR) is 106 cm³/mol. The Morgan fingerprint density at radius 2 is 1.79 bits per heavy atom. The first-order valence-electron chi connectivity index (χ1n) is 10.0. The zero-order valence-electron chi connectivity index (χ0n) is 16.5. The molecule has 1 aliphatic carbocycles. The average molecular weight is 402 g/mol. The van der Waals surface area contributed by atoms with Gasteiger partial charge >= 0.3 is 0 Å². The molecule has 0 radical (unpaired) electrons. The molecule has 0 bridgehead atoms. The molecule has 1 saturated heterocycles. The molecule has 2 aromatic rings. The summed E-state index contributed by atoms with van der Waals surface area (Å²) in [5.41, 5.74) is 4.34. The van der Waals surface area contributed by atoms with E-state index in [1.807, 2.05) is 13.8 Å². The lowest BCUT2D eigenvalue weighted by Gasteiger charge is -2.45. The van der Waals surface area contributed by atoms with Crippen LogP contribution in [0.3, 0.4) is 0 Å². The Hall–Kier alpha value is -2.34. The minimum atomic E-state index is -1.93. The largest absolute Gasteiger partial charge is 0.338 e. The van der Waals surface area contributed by atoms with Gasteiger partial charge in [0, 0.05) is 25.0 Å². The summed E-state index contributed by atoms with van der Waals surface area (Å²) in [6.07, 6.45) is 0.827. The molecule has 0 aromatic heterocycles. The monoisotopic (exact) mass is 402 g/mol. The van der Waals surface area contributed by atoms with E-state index in [-0.39, 0.29) is 47.0 Å². The minimum absolute atomic E-state index is 0.0130. The Kier molecular flexibility index (Phi) is 4.93. The Morgan fingerprint density at radius 3 is 2.38 bits per heavy atom. The van der Waals surface area contributed by atoms with Crippen LogP contribution in [0.25, 0.3) is 11.1 Å². The number of halogens is 3. The van der Waals surface area contributed by atoms with Crippen molar-refractivity contribution in [2.24, 2.45) is 17.6 Å². The van der Waals surface area contributed by atoms with Crippen LogP contribution in [0, 0.1) is 23.5 Å². The van der Waals surface area contributed by atoms with Crippen molar-refractivity contribution in [2.45, 2.75) is 44.4 Å². The number of likely N-dealkylation sites (tertiary alicyclic amines) is 1. The smallest absolute Gasteiger partial charge is 0.229 e. The van der Waals surface area contributed by atoms with Crippen LogP contribution in [-0.2, 0) is 10.5 Å². The molecule has 1 saturated carbocycles. The molecule has 0 spiro atoms. The summed E-state index contributed by atoms with van der Waals surface area (Å²) >= 11 is 0. The standard InChI is InChI=1S/C23H25F3N2O/c1-13(2)21(27)19-10-11-28(19)22(29)16-12-23(16,26)15-7-4-3-6-14(15)20-17(24)8-5-9-18(20)25/h3-9,13,16,19,21H,10-12,27H2,1-2H3/t16-,19-,21?,23+/m0/s1. The van der Waals surface area contributed by atoms with Crippen LogP contribution in [0.2, 0.25) is 0 Å². The molecule has 1 heterocycles. The third kappa shape index (κ3) is 3.23. The fraction of sp³-hybridized carbons (Fsp3) is 0.435. The van der Waals surface area contributed by atoms with Gasteiger partial charge in [-0.1, -0.05) is 44.2 Å². The second-order valence-electron chi connectivity index (χ2n) is 8.47. The number of alkyl halides is 1. The van der Waals surface area contributed by atoms with Crippen molar-refractivity contribution < 1.29 is 18.0 Å². The molecule has 1 aliphatic heterocycles. The number of carbonyl (C=O) groups is 1. The lowest BCUT2D eigenvalue weighted by molar-refractivity contribution is -0.142. The van der Waals surface area contributed by atoms with E-state index in [2.05, 4.69) is 0 Å². The maximum absolute atomic E-state index is 15.8. The van der Waals surface area contributed by atoms with Gasteiger partial charge in [0.2, 0.25) is 5.91 Å². The van der Waals surface area contributed by atoms with Gasteiger partial charge in [-0.25, -0.2) is 13.2 Å². The van der Waals surface area contributed by atoms with Crippen LogP contribution in [0.4, 0.5) is 13.2 Å². The van der Waals surface area contributed by atoms with Crippen LogP contribution in [0.15, 0.2) is 42.5 Å². The van der Waals surface area contributed by atoms with Crippen molar-refractivity contribution in [3.8, 4) is 11.1 Å². The highest BCUT2D eigenvalue weighted by Crippen LogP contribution is 2.59. The van der Waals surface area contributed by atoms with Crippen LogP contribution in [0.1, 0.15) is 32.3 Å². The second kappa shape index (κ2) is 7.17. The average Bonchev–Trinajstić information content (AvgIpc) is 3.34. The van der Waals surface area contributed by atoms with Gasteiger partial charge in [-0.15, -0.1) is 0 Å². The number of hydrogen-bond acceptors (Lipinski definition) is 2. The van der Waals surface area contributed by atoms with Gasteiger partial charge in [0.1, 0.15) is 17.3 Å². The van der Waals surface area contributed by atoms with Crippen LogP contribution >= 0.6 is 0 Å². The molecule has 4 rings (SSSR count). The number of amides is 1. The summed E-state index contributed by atoms with van der Waals surface area (Å²) in [6.45, 7) is 4.57. The molecule has 154 valence electrons. The van der Waals surface area contributed by atoms with E-state index >= 15 is 4.39 Å². The van der Waals surface area contributed by atoms with Crippen molar-refractivity contribution in [3.05, 3.63) is 59.7 Å². The van der Waals surface area contributed by atoms with Gasteiger partial charge in [-0.05, 0) is 35.6 Å². The molecule has 2 fully saturated rings. The van der Waals surface area contributed by atoms with Crippen molar-refractivity contribution in [3.63, 3.8) is 0 Å². The van der Waals surface area contributed by atoms with Crippen LogP contribution in [0.5, 0.6) is 0 Å². The van der Waals surface area contributed by atoms with Gasteiger partial charge in [0.25, 0.3) is 0 Å². The van der Waals surface area contributed by atoms with Gasteiger partial charge in [-0.2, -0.15) is 0 Å². The van der Waals surface area contributed by atoms with E-state index in [1.54, 1.807) is 17.0 Å². The number of benzene rings is 2. The second-order valence-corrected chi connectivity index (χ2v) is 8.47. The molecule has 6 heteroatoms. The summed E-state index contributed by atoms with van der Waals surface area (Å²) in [6, 6.07) is 9.59. The number of carbonyl (C=O) groups excluding carboxylic acids is 1. The van der Waals surface area contributed by atoms with E-state index in [1.165, 1.54) is 18.2 Å². The highest BCUT2D eigenvalue weighted by Gasteiger charge is 2.63. The van der Waals surface area contributed by atoms with E-state index in [0.29, 0.717) is 6.54 Å². The molecule has 2 N–H and O–H groups in total. The first-order valence-corrected chi connectivity index (χ1v) is 10.0. The minimum Gasteiger partial charge on any atom is -0.338 e. The summed E-state index contributed by atoms with van der Waals surface area (Å²) in [5, 5.41) is 0. The first-order chi connectivity index (χ1) is 13.8. The maximum Gasteiger partial charge on any atom is 0.229 e. The molecule has 2 aromatic carbocycles. The quantitative estimate of drug-likeness (QED) is 0.806. The topological polar surface area (TPSA) is 46.3 Å². The third-order valence-corrected chi connectivity index (χ3v) is 6.36. The van der Waals surface area contributed by atoms with Crippen LogP contribution in [-0.4, -0.2) is 29.4 Å². The Labute approximate surface area is 168 Å². The number of nitrogens with zero attached hydrogens (tertiary/aromatic N) is 1. The van der Waals surface area contributed by atoms with Crippen LogP contribution < -0.4 is 5.73 Å². The maximum atomic E-state index is 15.8. The Bertz CT molecular complexity index is 927. The zero-order chi connectivity index (χ0) is 20.9. The lowest BCUT2D eigenvalue weighted by atomic mass is 9.87. The summed E-state index contributed by atoms with van der Waals surface area (Å²) < 4.78 is 44.5. The molecule has 3 nitrogen and oxygen atoms in total.